The molecule has 102 valence electrons. The second-order valence-corrected chi connectivity index (χ2v) is 4.67. The molecule has 0 bridgehead atoms. The number of rotatable bonds is 1. The van der Waals surface area contributed by atoms with Crippen molar-refractivity contribution in [1.82, 2.24) is 4.98 Å². The summed E-state index contributed by atoms with van der Waals surface area (Å²) < 4.78 is 39.2. The number of Topliss-reactive ketones (excluding diaryl/α,β-unsaturated/α-hetero) is 1. The predicted molar refractivity (Wildman–Crippen MR) is 67.3 cm³/mol. The van der Waals surface area contributed by atoms with Crippen molar-refractivity contribution < 1.29 is 18.0 Å². The highest BCUT2D eigenvalue weighted by atomic mass is 19.4. The van der Waals surface area contributed by atoms with Crippen LogP contribution in [0.3, 0.4) is 0 Å². The number of pyridine rings is 1. The van der Waals surface area contributed by atoms with Crippen molar-refractivity contribution in [3.63, 3.8) is 0 Å². The van der Waals surface area contributed by atoms with Crippen molar-refractivity contribution in [3.8, 4) is 11.1 Å². The molecule has 0 amide bonds. The number of carbonyl (C=O) groups is 1. The fourth-order valence-corrected chi connectivity index (χ4v) is 2.60. The summed E-state index contributed by atoms with van der Waals surface area (Å²) in [5, 5.41) is 0. The van der Waals surface area contributed by atoms with Gasteiger partial charge < -0.3 is 0 Å². The van der Waals surface area contributed by atoms with Crippen molar-refractivity contribution in [2.75, 3.05) is 0 Å². The molecule has 2 aromatic rings. The highest BCUT2D eigenvalue weighted by molar-refractivity contribution is 6.02. The summed E-state index contributed by atoms with van der Waals surface area (Å²) in [4.78, 5) is 15.5. The molecule has 0 unspecified atom stereocenters. The van der Waals surface area contributed by atoms with Gasteiger partial charge in [-0.05, 0) is 23.6 Å². The third-order valence-corrected chi connectivity index (χ3v) is 3.50. The van der Waals surface area contributed by atoms with E-state index in [1.54, 1.807) is 18.2 Å². The number of aromatic nitrogens is 1. The monoisotopic (exact) mass is 277 g/mol. The molecule has 1 aromatic heterocycles. The number of hydrogen-bond donors (Lipinski definition) is 0. The number of fused-ring (bicyclic) bond motifs is 1. The lowest BCUT2D eigenvalue weighted by Crippen LogP contribution is -2.08. The Kier molecular flexibility index (Phi) is 2.85. The van der Waals surface area contributed by atoms with Gasteiger partial charge in [0.15, 0.2) is 5.78 Å². The van der Waals surface area contributed by atoms with Gasteiger partial charge in [-0.15, -0.1) is 0 Å². The van der Waals surface area contributed by atoms with E-state index in [0.717, 1.165) is 12.3 Å². The number of nitrogens with zero attached hydrogens (tertiary/aromatic N) is 1. The number of ketones is 1. The van der Waals surface area contributed by atoms with Gasteiger partial charge in [0.1, 0.15) is 0 Å². The predicted octanol–water partition coefficient (Wildman–Crippen LogP) is 3.90. The molecular weight excluding hydrogens is 267 g/mol. The van der Waals surface area contributed by atoms with Crippen LogP contribution in [0.4, 0.5) is 13.2 Å². The van der Waals surface area contributed by atoms with E-state index in [2.05, 4.69) is 4.98 Å². The summed E-state index contributed by atoms with van der Waals surface area (Å²) in [6.45, 7) is 0. The van der Waals surface area contributed by atoms with E-state index < -0.39 is 11.7 Å². The standard InChI is InChI=1S/C15H10F3NO/c16-15(17,18)13-6-7-19-8-12(13)9-2-1-3-11-10(9)4-5-14(11)20/h1-3,6-8H,4-5H2. The Bertz CT molecular complexity index is 692. The van der Waals surface area contributed by atoms with Crippen LogP contribution >= 0.6 is 0 Å². The normalized spacial score (nSPS) is 14.4. The number of benzene rings is 1. The van der Waals surface area contributed by atoms with Gasteiger partial charge in [0.25, 0.3) is 0 Å². The molecule has 1 aliphatic carbocycles. The summed E-state index contributed by atoms with van der Waals surface area (Å²) in [5.41, 5.74) is 0.982. The maximum absolute atomic E-state index is 13.1. The van der Waals surface area contributed by atoms with Gasteiger partial charge in [0.05, 0.1) is 5.56 Å². The smallest absolute Gasteiger partial charge is 0.294 e. The molecule has 0 saturated heterocycles. The topological polar surface area (TPSA) is 30.0 Å². The fourth-order valence-electron chi connectivity index (χ4n) is 2.60. The summed E-state index contributed by atoms with van der Waals surface area (Å²) in [7, 11) is 0. The molecule has 0 fully saturated rings. The lowest BCUT2D eigenvalue weighted by Gasteiger charge is -2.14. The molecule has 0 atom stereocenters. The average Bonchev–Trinajstić information content (AvgIpc) is 2.80. The van der Waals surface area contributed by atoms with Crippen molar-refractivity contribution in [2.24, 2.45) is 0 Å². The zero-order valence-corrected chi connectivity index (χ0v) is 10.4. The van der Waals surface area contributed by atoms with Gasteiger partial charge in [-0.25, -0.2) is 0 Å². The molecule has 0 radical (unpaired) electrons. The Hall–Kier alpha value is -2.17. The van der Waals surface area contributed by atoms with Crippen LogP contribution in [-0.2, 0) is 12.6 Å². The van der Waals surface area contributed by atoms with Crippen LogP contribution in [0.2, 0.25) is 0 Å². The lowest BCUT2D eigenvalue weighted by atomic mass is 9.94. The minimum Gasteiger partial charge on any atom is -0.294 e. The molecule has 0 aliphatic heterocycles. The van der Waals surface area contributed by atoms with Crippen LogP contribution < -0.4 is 0 Å². The third-order valence-electron chi connectivity index (χ3n) is 3.50. The molecule has 0 N–H and O–H groups in total. The molecular formula is C15H10F3NO. The molecule has 1 heterocycles. The number of hydrogen-bond acceptors (Lipinski definition) is 2. The molecule has 1 aliphatic rings. The van der Waals surface area contributed by atoms with E-state index in [-0.39, 0.29) is 11.3 Å². The third kappa shape index (κ3) is 1.99. The van der Waals surface area contributed by atoms with Gasteiger partial charge in [-0.1, -0.05) is 18.2 Å². The van der Waals surface area contributed by atoms with Crippen molar-refractivity contribution in [3.05, 3.63) is 53.3 Å². The van der Waals surface area contributed by atoms with Crippen molar-refractivity contribution >= 4 is 5.78 Å². The summed E-state index contributed by atoms with van der Waals surface area (Å²) >= 11 is 0. The van der Waals surface area contributed by atoms with E-state index >= 15 is 0 Å². The highest BCUT2D eigenvalue weighted by Gasteiger charge is 2.35. The van der Waals surface area contributed by atoms with Crippen LogP contribution in [0.1, 0.15) is 27.9 Å². The summed E-state index contributed by atoms with van der Waals surface area (Å²) in [5.74, 6) is -0.0145. The maximum atomic E-state index is 13.1. The summed E-state index contributed by atoms with van der Waals surface area (Å²) in [6.07, 6.45) is -1.27. The fraction of sp³-hybridized carbons (Fsp3) is 0.200. The lowest BCUT2D eigenvalue weighted by molar-refractivity contribution is -0.137. The van der Waals surface area contributed by atoms with Crippen LogP contribution in [0.25, 0.3) is 11.1 Å². The van der Waals surface area contributed by atoms with E-state index in [1.165, 1.54) is 6.20 Å². The molecule has 2 nitrogen and oxygen atoms in total. The van der Waals surface area contributed by atoms with Gasteiger partial charge in [0.2, 0.25) is 0 Å². The maximum Gasteiger partial charge on any atom is 0.417 e. The minimum absolute atomic E-state index is 0.0145. The van der Waals surface area contributed by atoms with E-state index in [9.17, 15) is 18.0 Å². The first-order chi connectivity index (χ1) is 9.48. The second-order valence-electron chi connectivity index (χ2n) is 4.67. The number of carbonyl (C=O) groups excluding carboxylic acids is 1. The Morgan fingerprint density at radius 2 is 1.75 bits per heavy atom. The Morgan fingerprint density at radius 1 is 1.00 bits per heavy atom. The van der Waals surface area contributed by atoms with Crippen LogP contribution in [0.5, 0.6) is 0 Å². The van der Waals surface area contributed by atoms with Crippen LogP contribution in [0, 0.1) is 0 Å². The molecule has 20 heavy (non-hydrogen) atoms. The van der Waals surface area contributed by atoms with E-state index in [1.807, 2.05) is 0 Å². The first-order valence-electron chi connectivity index (χ1n) is 6.15. The van der Waals surface area contributed by atoms with Gasteiger partial charge in [-0.2, -0.15) is 13.2 Å². The summed E-state index contributed by atoms with van der Waals surface area (Å²) in [6, 6.07) is 5.86. The van der Waals surface area contributed by atoms with Crippen molar-refractivity contribution in [1.29, 1.82) is 0 Å². The number of alkyl halides is 3. The average molecular weight is 277 g/mol. The Morgan fingerprint density at radius 3 is 2.50 bits per heavy atom. The molecule has 1 aromatic carbocycles. The first-order valence-corrected chi connectivity index (χ1v) is 6.15. The van der Waals surface area contributed by atoms with Gasteiger partial charge in [0, 0.05) is 29.9 Å². The zero-order valence-electron chi connectivity index (χ0n) is 10.4. The van der Waals surface area contributed by atoms with E-state index in [4.69, 9.17) is 0 Å². The van der Waals surface area contributed by atoms with E-state index in [0.29, 0.717) is 29.5 Å². The Labute approximate surface area is 113 Å². The highest BCUT2D eigenvalue weighted by Crippen LogP contribution is 2.39. The SMILES string of the molecule is O=C1CCc2c1cccc2-c1cnccc1C(F)(F)F. The zero-order chi connectivity index (χ0) is 14.3. The van der Waals surface area contributed by atoms with Crippen LogP contribution in [-0.4, -0.2) is 10.8 Å². The van der Waals surface area contributed by atoms with Crippen LogP contribution in [0.15, 0.2) is 36.7 Å². The Balaban J connectivity index is 2.24. The molecule has 0 spiro atoms. The first kappa shape index (κ1) is 12.8. The van der Waals surface area contributed by atoms with Crippen molar-refractivity contribution in [2.45, 2.75) is 19.0 Å². The molecule has 3 rings (SSSR count). The quantitative estimate of drug-likeness (QED) is 0.791. The van der Waals surface area contributed by atoms with Gasteiger partial charge in [-0.3, -0.25) is 9.78 Å². The largest absolute Gasteiger partial charge is 0.417 e. The molecule has 5 heteroatoms. The second kappa shape index (κ2) is 4.44. The minimum atomic E-state index is -4.44. The van der Waals surface area contributed by atoms with Gasteiger partial charge >= 0.3 is 6.18 Å². The number of halogens is 3. The molecule has 0 saturated carbocycles.